The summed E-state index contributed by atoms with van der Waals surface area (Å²) in [5.41, 5.74) is 1.46. The summed E-state index contributed by atoms with van der Waals surface area (Å²) < 4.78 is 8.78. The molecule has 3 rings (SSSR count). The highest BCUT2D eigenvalue weighted by Crippen LogP contribution is 2.37. The smallest absolute Gasteiger partial charge is 0.342 e. The third-order valence-corrected chi connectivity index (χ3v) is 6.37. The number of nitrogens with zero attached hydrogens (tertiary/aromatic N) is 3. The maximum atomic E-state index is 12.0. The van der Waals surface area contributed by atoms with Crippen LogP contribution in [0.15, 0.2) is 55.4 Å². The van der Waals surface area contributed by atoms with Crippen LogP contribution in [0.4, 0.5) is 0 Å². The van der Waals surface area contributed by atoms with E-state index in [1.165, 1.54) is 7.11 Å². The van der Waals surface area contributed by atoms with Crippen molar-refractivity contribution in [3.05, 3.63) is 60.8 Å². The number of hydrogen-bond acceptors (Lipinski definition) is 5. The van der Waals surface area contributed by atoms with E-state index in [-0.39, 0.29) is 4.91 Å². The first kappa shape index (κ1) is 22.9. The Kier molecular flexibility index (Phi) is 7.62. The highest BCUT2D eigenvalue weighted by Gasteiger charge is 2.19. The molecule has 2 aromatic carbocycles. The third kappa shape index (κ3) is 5.08. The number of benzene rings is 2. The number of aromatic nitrogens is 3. The molecule has 0 bridgehead atoms. The zero-order chi connectivity index (χ0) is 21.8. The van der Waals surface area contributed by atoms with Crippen LogP contribution < -0.4 is 4.74 Å². The number of rotatable bonds is 7. The first-order valence-electron chi connectivity index (χ1n) is 8.69. The standard InChI is InChI=1S/C20H16Br2ClN3O3S/c1-3-26-18(11-4-6-14(23)7-5-11)24-25-20(26)30-16(19(27)28)9-12-8-13(21)10-15(22)17(12)29-2/h4-10H,3H2,1-2H3,(H,27,28)/b16-9-. The van der Waals surface area contributed by atoms with Crippen LogP contribution in [0.5, 0.6) is 5.75 Å². The van der Waals surface area contributed by atoms with E-state index < -0.39 is 5.97 Å². The number of carboxylic acids is 1. The van der Waals surface area contributed by atoms with Gasteiger partial charge in [0.05, 0.1) is 11.6 Å². The Balaban J connectivity index is 2.02. The number of hydrogen-bond donors (Lipinski definition) is 1. The van der Waals surface area contributed by atoms with Gasteiger partial charge >= 0.3 is 5.97 Å². The van der Waals surface area contributed by atoms with Crippen molar-refractivity contribution >= 4 is 67.3 Å². The predicted molar refractivity (Wildman–Crippen MR) is 126 cm³/mol. The second-order valence-corrected chi connectivity index (χ2v) is 9.20. The summed E-state index contributed by atoms with van der Waals surface area (Å²) in [5.74, 6) is 0.109. The van der Waals surface area contributed by atoms with E-state index in [1.54, 1.807) is 24.3 Å². The maximum Gasteiger partial charge on any atom is 0.342 e. The SMILES string of the molecule is CCn1c(S/C(=C\c2cc(Br)cc(Br)c2OC)C(=O)O)nnc1-c1ccc(Cl)cc1. The molecule has 0 aliphatic carbocycles. The molecule has 0 unspecified atom stereocenters. The molecule has 0 aliphatic rings. The molecule has 0 saturated carbocycles. The minimum absolute atomic E-state index is 0.0862. The van der Waals surface area contributed by atoms with Crippen molar-refractivity contribution in [1.29, 1.82) is 0 Å². The molecule has 0 saturated heterocycles. The molecular weight excluding hydrogens is 558 g/mol. The average Bonchev–Trinajstić information content (AvgIpc) is 3.10. The van der Waals surface area contributed by atoms with Crippen LogP contribution in [0.25, 0.3) is 17.5 Å². The van der Waals surface area contributed by atoms with Gasteiger partial charge in [-0.1, -0.05) is 27.5 Å². The summed E-state index contributed by atoms with van der Waals surface area (Å²) in [5, 5.41) is 19.4. The molecule has 0 radical (unpaired) electrons. The minimum Gasteiger partial charge on any atom is -0.495 e. The average molecular weight is 574 g/mol. The molecule has 156 valence electrons. The maximum absolute atomic E-state index is 12.0. The van der Waals surface area contributed by atoms with Gasteiger partial charge in [0.15, 0.2) is 11.0 Å². The quantitative estimate of drug-likeness (QED) is 0.262. The Hall–Kier alpha value is -1.81. The number of carbonyl (C=O) groups is 1. The zero-order valence-electron chi connectivity index (χ0n) is 15.9. The number of aliphatic carboxylic acids is 1. The normalized spacial score (nSPS) is 11.6. The van der Waals surface area contributed by atoms with E-state index in [2.05, 4.69) is 42.1 Å². The molecule has 0 amide bonds. The lowest BCUT2D eigenvalue weighted by Gasteiger charge is -2.10. The van der Waals surface area contributed by atoms with Crippen molar-refractivity contribution < 1.29 is 14.6 Å². The molecule has 6 nitrogen and oxygen atoms in total. The van der Waals surface area contributed by atoms with Crippen molar-refractivity contribution in [2.45, 2.75) is 18.6 Å². The second-order valence-electron chi connectivity index (χ2n) is 5.98. The number of ether oxygens (including phenoxy) is 1. The van der Waals surface area contributed by atoms with Crippen LogP contribution in [0, 0.1) is 0 Å². The van der Waals surface area contributed by atoms with Gasteiger partial charge in [0.2, 0.25) is 0 Å². The Morgan fingerprint density at radius 2 is 1.97 bits per heavy atom. The molecule has 10 heteroatoms. The molecule has 30 heavy (non-hydrogen) atoms. The predicted octanol–water partition coefficient (Wildman–Crippen LogP) is 6.37. The number of carboxylic acid groups (broad SMARTS) is 1. The Morgan fingerprint density at radius 1 is 1.27 bits per heavy atom. The fraction of sp³-hybridized carbons (Fsp3) is 0.150. The number of methoxy groups -OCH3 is 1. The van der Waals surface area contributed by atoms with Gasteiger partial charge in [-0.05, 0) is 77.1 Å². The first-order chi connectivity index (χ1) is 14.3. The van der Waals surface area contributed by atoms with Crippen molar-refractivity contribution in [2.24, 2.45) is 0 Å². The van der Waals surface area contributed by atoms with Gasteiger partial charge < -0.3 is 14.4 Å². The van der Waals surface area contributed by atoms with E-state index in [9.17, 15) is 9.90 Å². The van der Waals surface area contributed by atoms with Crippen LogP contribution in [0.2, 0.25) is 5.02 Å². The summed E-state index contributed by atoms with van der Waals surface area (Å²) in [4.78, 5) is 12.1. The molecule has 1 N–H and O–H groups in total. The first-order valence-corrected chi connectivity index (χ1v) is 11.5. The van der Waals surface area contributed by atoms with Crippen molar-refractivity contribution in [3.63, 3.8) is 0 Å². The number of thioether (sulfide) groups is 1. The summed E-state index contributed by atoms with van der Waals surface area (Å²) in [6.45, 7) is 2.53. The van der Waals surface area contributed by atoms with Crippen LogP contribution in [-0.4, -0.2) is 33.0 Å². The Bertz CT molecular complexity index is 1120. The lowest BCUT2D eigenvalue weighted by molar-refractivity contribution is -0.131. The zero-order valence-corrected chi connectivity index (χ0v) is 20.6. The van der Waals surface area contributed by atoms with Crippen molar-refractivity contribution in [3.8, 4) is 17.1 Å². The van der Waals surface area contributed by atoms with Crippen LogP contribution in [0.3, 0.4) is 0 Å². The molecule has 1 heterocycles. The van der Waals surface area contributed by atoms with Crippen LogP contribution in [0.1, 0.15) is 12.5 Å². The lowest BCUT2D eigenvalue weighted by atomic mass is 10.2. The van der Waals surface area contributed by atoms with Gasteiger partial charge in [0.1, 0.15) is 10.7 Å². The molecule has 0 aliphatic heterocycles. The molecule has 0 atom stereocenters. The molecular formula is C20H16Br2ClN3O3S. The largest absolute Gasteiger partial charge is 0.495 e. The van der Waals surface area contributed by atoms with E-state index in [1.807, 2.05) is 29.7 Å². The molecule has 0 spiro atoms. The number of halogens is 3. The molecule has 1 aromatic heterocycles. The van der Waals surface area contributed by atoms with E-state index >= 15 is 0 Å². The monoisotopic (exact) mass is 571 g/mol. The third-order valence-electron chi connectivity index (χ3n) is 4.08. The Morgan fingerprint density at radius 3 is 2.57 bits per heavy atom. The van der Waals surface area contributed by atoms with Gasteiger partial charge in [-0.2, -0.15) is 0 Å². The fourth-order valence-electron chi connectivity index (χ4n) is 2.74. The van der Waals surface area contributed by atoms with Gasteiger partial charge in [-0.15, -0.1) is 10.2 Å². The van der Waals surface area contributed by atoms with Crippen LogP contribution >= 0.6 is 55.2 Å². The minimum atomic E-state index is -1.07. The topological polar surface area (TPSA) is 77.2 Å². The molecule has 0 fully saturated rings. The van der Waals surface area contributed by atoms with Crippen molar-refractivity contribution in [2.75, 3.05) is 7.11 Å². The Labute approximate surface area is 199 Å². The second kappa shape index (κ2) is 10.00. The van der Waals surface area contributed by atoms with E-state index in [4.69, 9.17) is 16.3 Å². The highest BCUT2D eigenvalue weighted by molar-refractivity contribution is 9.11. The van der Waals surface area contributed by atoms with Gasteiger partial charge in [0, 0.05) is 27.2 Å². The van der Waals surface area contributed by atoms with Crippen LogP contribution in [-0.2, 0) is 11.3 Å². The summed E-state index contributed by atoms with van der Waals surface area (Å²) in [7, 11) is 1.53. The van der Waals surface area contributed by atoms with Gasteiger partial charge in [-0.3, -0.25) is 0 Å². The van der Waals surface area contributed by atoms with E-state index in [0.717, 1.165) is 21.8 Å². The van der Waals surface area contributed by atoms with E-state index in [0.29, 0.717) is 38.3 Å². The summed E-state index contributed by atoms with van der Waals surface area (Å²) >= 11 is 13.9. The molecule has 3 aromatic rings. The highest BCUT2D eigenvalue weighted by atomic mass is 79.9. The van der Waals surface area contributed by atoms with Crippen molar-refractivity contribution in [1.82, 2.24) is 14.8 Å². The summed E-state index contributed by atoms with van der Waals surface area (Å²) in [6.07, 6.45) is 1.55. The summed E-state index contributed by atoms with van der Waals surface area (Å²) in [6, 6.07) is 10.9. The lowest BCUT2D eigenvalue weighted by Crippen LogP contribution is -2.03. The van der Waals surface area contributed by atoms with Gasteiger partial charge in [0.25, 0.3) is 0 Å². The fourth-order valence-corrected chi connectivity index (χ4v) is 5.16. The van der Waals surface area contributed by atoms with Gasteiger partial charge in [-0.25, -0.2) is 4.79 Å².